The number of rotatable bonds is 2. The zero-order chi connectivity index (χ0) is 12.8. The maximum atomic E-state index is 11.8. The Kier molecular flexibility index (Phi) is 4.97. The molecule has 0 aliphatic rings. The minimum Gasteiger partial charge on any atom is -0.307 e. The van der Waals surface area contributed by atoms with Crippen LogP contribution in [0.4, 0.5) is 0 Å². The quantitative estimate of drug-likeness (QED) is 0.833. The summed E-state index contributed by atoms with van der Waals surface area (Å²) in [6, 6.07) is 6.90. The summed E-state index contributed by atoms with van der Waals surface area (Å²) in [6.45, 7) is 4.22. The lowest BCUT2D eigenvalue weighted by Gasteiger charge is -2.03. The molecule has 0 unspecified atom stereocenters. The number of aromatic nitrogens is 2. The first-order chi connectivity index (χ1) is 8.24. The standard InChI is InChI=1S/C10H9ClN2O2.C2H6/c11-5-6-13-9(14)7-3-1-2-4-8(7)12-10(13)15;1-2/h1-4H,5-6H2,(H,12,15);1-2H3. The van der Waals surface area contributed by atoms with Crippen molar-refractivity contribution in [3.8, 4) is 0 Å². The van der Waals surface area contributed by atoms with Crippen LogP contribution in [0.5, 0.6) is 0 Å². The Hall–Kier alpha value is -1.55. The van der Waals surface area contributed by atoms with E-state index in [0.717, 1.165) is 4.57 Å². The Labute approximate surface area is 104 Å². The van der Waals surface area contributed by atoms with Crippen LogP contribution in [0.25, 0.3) is 10.9 Å². The van der Waals surface area contributed by atoms with Crippen molar-refractivity contribution in [2.45, 2.75) is 20.4 Å². The van der Waals surface area contributed by atoms with Crippen molar-refractivity contribution in [1.29, 1.82) is 0 Å². The highest BCUT2D eigenvalue weighted by molar-refractivity contribution is 6.17. The summed E-state index contributed by atoms with van der Waals surface area (Å²) in [4.78, 5) is 25.9. The molecule has 1 heterocycles. The van der Waals surface area contributed by atoms with Crippen molar-refractivity contribution in [3.63, 3.8) is 0 Å². The Morgan fingerprint density at radius 1 is 1.24 bits per heavy atom. The predicted octanol–water partition coefficient (Wildman–Crippen LogP) is 1.95. The number of nitrogens with one attached hydrogen (secondary N) is 1. The molecule has 0 spiro atoms. The number of benzene rings is 1. The number of H-pyrrole nitrogens is 1. The molecule has 0 radical (unpaired) electrons. The molecule has 2 rings (SSSR count). The van der Waals surface area contributed by atoms with Crippen LogP contribution < -0.4 is 11.2 Å². The Balaban J connectivity index is 0.000000686. The maximum Gasteiger partial charge on any atom is 0.328 e. The van der Waals surface area contributed by atoms with E-state index < -0.39 is 5.69 Å². The third-order valence-electron chi connectivity index (χ3n) is 2.20. The van der Waals surface area contributed by atoms with Crippen LogP contribution in [-0.4, -0.2) is 15.4 Å². The number of fused-ring (bicyclic) bond motifs is 1. The summed E-state index contributed by atoms with van der Waals surface area (Å²) in [5.41, 5.74) is -0.160. The zero-order valence-electron chi connectivity index (χ0n) is 9.87. The number of hydrogen-bond donors (Lipinski definition) is 1. The van der Waals surface area contributed by atoms with Crippen LogP contribution in [0.2, 0.25) is 0 Å². The van der Waals surface area contributed by atoms with Crippen molar-refractivity contribution in [2.75, 3.05) is 5.88 Å². The molecule has 0 amide bonds. The average molecular weight is 255 g/mol. The van der Waals surface area contributed by atoms with Crippen LogP contribution in [-0.2, 0) is 6.54 Å². The van der Waals surface area contributed by atoms with Crippen molar-refractivity contribution in [1.82, 2.24) is 9.55 Å². The summed E-state index contributed by atoms with van der Waals surface area (Å²) < 4.78 is 1.11. The van der Waals surface area contributed by atoms with Crippen LogP contribution >= 0.6 is 11.6 Å². The zero-order valence-corrected chi connectivity index (χ0v) is 10.6. The molecule has 1 aromatic heterocycles. The minimum atomic E-state index is -0.417. The van der Waals surface area contributed by atoms with Crippen LogP contribution in [0.3, 0.4) is 0 Å². The molecule has 0 saturated carbocycles. The fourth-order valence-corrected chi connectivity index (χ4v) is 1.66. The van der Waals surface area contributed by atoms with E-state index >= 15 is 0 Å². The number of nitrogens with zero attached hydrogens (tertiary/aromatic N) is 1. The van der Waals surface area contributed by atoms with E-state index in [1.165, 1.54) is 0 Å². The summed E-state index contributed by atoms with van der Waals surface area (Å²) in [6.07, 6.45) is 0. The maximum absolute atomic E-state index is 11.8. The van der Waals surface area contributed by atoms with Gasteiger partial charge in [-0.3, -0.25) is 9.36 Å². The summed E-state index contributed by atoms with van der Waals surface area (Å²) >= 11 is 5.52. The number of halogens is 1. The fourth-order valence-electron chi connectivity index (χ4n) is 1.49. The lowest BCUT2D eigenvalue weighted by atomic mass is 10.2. The van der Waals surface area contributed by atoms with E-state index in [1.54, 1.807) is 24.3 Å². The predicted molar refractivity (Wildman–Crippen MR) is 70.9 cm³/mol. The SMILES string of the molecule is CC.O=c1[nH]c2ccccc2c(=O)n1CCCl. The molecule has 0 atom stereocenters. The van der Waals surface area contributed by atoms with Crippen molar-refractivity contribution >= 4 is 22.5 Å². The minimum absolute atomic E-state index is 0.223. The molecule has 0 saturated heterocycles. The number of aromatic amines is 1. The normalized spacial score (nSPS) is 9.82. The van der Waals surface area contributed by atoms with E-state index in [9.17, 15) is 9.59 Å². The highest BCUT2D eigenvalue weighted by Crippen LogP contribution is 2.02. The monoisotopic (exact) mass is 254 g/mol. The van der Waals surface area contributed by atoms with Gasteiger partial charge in [0.05, 0.1) is 10.9 Å². The number of hydrogen-bond acceptors (Lipinski definition) is 2. The van der Waals surface area contributed by atoms with Gasteiger partial charge < -0.3 is 4.98 Å². The average Bonchev–Trinajstić information content (AvgIpc) is 2.37. The summed E-state index contributed by atoms with van der Waals surface area (Å²) in [5.74, 6) is 0.237. The smallest absolute Gasteiger partial charge is 0.307 e. The van der Waals surface area contributed by atoms with Crippen molar-refractivity contribution in [3.05, 3.63) is 45.1 Å². The molecule has 0 fully saturated rings. The van der Waals surface area contributed by atoms with Gasteiger partial charge in [0.1, 0.15) is 0 Å². The van der Waals surface area contributed by atoms with Crippen LogP contribution in [0.15, 0.2) is 33.9 Å². The largest absolute Gasteiger partial charge is 0.328 e. The van der Waals surface area contributed by atoms with Gasteiger partial charge in [-0.1, -0.05) is 26.0 Å². The fraction of sp³-hybridized carbons (Fsp3) is 0.333. The van der Waals surface area contributed by atoms with E-state index in [2.05, 4.69) is 4.98 Å². The van der Waals surface area contributed by atoms with Gasteiger partial charge in [0.2, 0.25) is 0 Å². The van der Waals surface area contributed by atoms with Crippen molar-refractivity contribution in [2.24, 2.45) is 0 Å². The van der Waals surface area contributed by atoms with E-state index in [-0.39, 0.29) is 18.0 Å². The molecule has 4 nitrogen and oxygen atoms in total. The first-order valence-corrected chi connectivity index (χ1v) is 6.05. The van der Waals surface area contributed by atoms with Gasteiger partial charge in [0.25, 0.3) is 5.56 Å². The highest BCUT2D eigenvalue weighted by Gasteiger charge is 2.05. The topological polar surface area (TPSA) is 54.9 Å². The second-order valence-corrected chi connectivity index (χ2v) is 3.50. The Morgan fingerprint density at radius 3 is 2.53 bits per heavy atom. The first kappa shape index (κ1) is 13.5. The molecule has 1 N–H and O–H groups in total. The van der Waals surface area contributed by atoms with Crippen LogP contribution in [0, 0.1) is 0 Å². The molecule has 17 heavy (non-hydrogen) atoms. The number of para-hydroxylation sites is 1. The molecule has 0 aliphatic heterocycles. The van der Waals surface area contributed by atoms with Gasteiger partial charge in [-0.05, 0) is 12.1 Å². The molecule has 1 aromatic carbocycles. The van der Waals surface area contributed by atoms with E-state index in [1.807, 2.05) is 13.8 Å². The van der Waals surface area contributed by atoms with Gasteiger partial charge in [0, 0.05) is 12.4 Å². The first-order valence-electron chi connectivity index (χ1n) is 5.52. The third-order valence-corrected chi connectivity index (χ3v) is 2.37. The van der Waals surface area contributed by atoms with Gasteiger partial charge in [-0.25, -0.2) is 4.79 Å². The second kappa shape index (κ2) is 6.25. The summed E-state index contributed by atoms with van der Waals surface area (Å²) in [5, 5.41) is 0.502. The molecular formula is C12H15ClN2O2. The Morgan fingerprint density at radius 2 is 1.88 bits per heavy atom. The second-order valence-electron chi connectivity index (χ2n) is 3.12. The Bertz CT molecular complexity index is 601. The highest BCUT2D eigenvalue weighted by atomic mass is 35.5. The summed E-state index contributed by atoms with van der Waals surface area (Å²) in [7, 11) is 0. The number of alkyl halides is 1. The van der Waals surface area contributed by atoms with Crippen LogP contribution in [0.1, 0.15) is 13.8 Å². The molecule has 0 aliphatic carbocycles. The van der Waals surface area contributed by atoms with E-state index in [4.69, 9.17) is 11.6 Å². The van der Waals surface area contributed by atoms with Crippen molar-refractivity contribution < 1.29 is 0 Å². The molecule has 5 heteroatoms. The van der Waals surface area contributed by atoms with Gasteiger partial charge in [-0.15, -0.1) is 11.6 Å². The molecule has 0 bridgehead atoms. The lowest BCUT2D eigenvalue weighted by Crippen LogP contribution is -2.35. The van der Waals surface area contributed by atoms with E-state index in [0.29, 0.717) is 10.9 Å². The molecule has 92 valence electrons. The van der Waals surface area contributed by atoms with Gasteiger partial charge in [0.15, 0.2) is 0 Å². The molecule has 2 aromatic rings. The van der Waals surface area contributed by atoms with Gasteiger partial charge >= 0.3 is 5.69 Å². The van der Waals surface area contributed by atoms with Gasteiger partial charge in [-0.2, -0.15) is 0 Å². The third kappa shape index (κ3) is 2.77. The lowest BCUT2D eigenvalue weighted by molar-refractivity contribution is 0.688. The molecular weight excluding hydrogens is 240 g/mol.